The minimum absolute atomic E-state index is 0.00634. The summed E-state index contributed by atoms with van der Waals surface area (Å²) in [5, 5.41) is 0. The molecular weight excluding hydrogens is 242 g/mol. The Morgan fingerprint density at radius 1 is 1.37 bits per heavy atom. The number of carbonyl (C=O) groups excluding carboxylic acids is 2. The largest absolute Gasteiger partial charge is 0.334 e. The van der Waals surface area contributed by atoms with Gasteiger partial charge < -0.3 is 9.47 Å². The lowest BCUT2D eigenvalue weighted by molar-refractivity contribution is -0.118. The molecular formula is C14H21N3O2. The van der Waals surface area contributed by atoms with E-state index in [0.717, 1.165) is 32.2 Å². The number of Topliss-reactive ketones (excluding diaryl/α,β-unsaturated/α-hetero) is 1. The van der Waals surface area contributed by atoms with Crippen LogP contribution in [-0.2, 0) is 11.8 Å². The van der Waals surface area contributed by atoms with E-state index in [9.17, 15) is 9.59 Å². The number of aryl methyl sites for hydroxylation is 1. The number of hydrogen-bond acceptors (Lipinski definition) is 3. The smallest absolute Gasteiger partial charge is 0.272 e. The van der Waals surface area contributed by atoms with Crippen molar-refractivity contribution < 1.29 is 9.59 Å². The minimum Gasteiger partial charge on any atom is -0.334 e. The van der Waals surface area contributed by atoms with E-state index in [1.165, 1.54) is 0 Å². The molecule has 1 aromatic heterocycles. The zero-order chi connectivity index (χ0) is 13.8. The summed E-state index contributed by atoms with van der Waals surface area (Å²) in [4.78, 5) is 29.8. The molecule has 5 heteroatoms. The highest BCUT2D eigenvalue weighted by Gasteiger charge is 2.28. The Kier molecular flexibility index (Phi) is 4.35. The van der Waals surface area contributed by atoms with Crippen LogP contribution in [0.15, 0.2) is 12.5 Å². The first-order valence-corrected chi connectivity index (χ1v) is 6.86. The molecule has 1 saturated heterocycles. The first kappa shape index (κ1) is 13.8. The lowest BCUT2D eigenvalue weighted by Gasteiger charge is -2.29. The first-order chi connectivity index (χ1) is 9.09. The van der Waals surface area contributed by atoms with Gasteiger partial charge in [0.15, 0.2) is 0 Å². The average molecular weight is 263 g/mol. The fraction of sp³-hybridized carbons (Fsp3) is 0.643. The molecule has 0 bridgehead atoms. The molecule has 1 amide bonds. The monoisotopic (exact) mass is 263 g/mol. The van der Waals surface area contributed by atoms with Crippen LogP contribution in [0.4, 0.5) is 0 Å². The van der Waals surface area contributed by atoms with Gasteiger partial charge in [-0.1, -0.05) is 12.8 Å². The Hall–Kier alpha value is -1.65. The van der Waals surface area contributed by atoms with Gasteiger partial charge in [-0.2, -0.15) is 0 Å². The minimum atomic E-state index is -0.00634. The second-order valence-corrected chi connectivity index (χ2v) is 5.30. The Morgan fingerprint density at radius 2 is 2.16 bits per heavy atom. The third kappa shape index (κ3) is 3.22. The molecule has 1 atom stereocenters. The zero-order valence-electron chi connectivity index (χ0n) is 11.6. The number of nitrogens with zero attached hydrogens (tertiary/aromatic N) is 3. The predicted octanol–water partition coefficient (Wildman–Crippen LogP) is 1.78. The Labute approximate surface area is 113 Å². The summed E-state index contributed by atoms with van der Waals surface area (Å²) < 4.78 is 1.73. The molecule has 1 aromatic rings. The van der Waals surface area contributed by atoms with Gasteiger partial charge in [0.1, 0.15) is 11.5 Å². The summed E-state index contributed by atoms with van der Waals surface area (Å²) >= 11 is 0. The molecule has 1 fully saturated rings. The molecule has 104 valence electrons. The summed E-state index contributed by atoms with van der Waals surface area (Å²) in [6.45, 7) is 2.33. The Bertz CT molecular complexity index is 467. The van der Waals surface area contributed by atoms with Crippen LogP contribution in [0.1, 0.15) is 49.5 Å². The average Bonchev–Trinajstić information content (AvgIpc) is 2.64. The molecule has 1 aliphatic rings. The van der Waals surface area contributed by atoms with E-state index in [1.54, 1.807) is 24.0 Å². The molecule has 19 heavy (non-hydrogen) atoms. The van der Waals surface area contributed by atoms with Crippen molar-refractivity contribution >= 4 is 11.7 Å². The number of aromatic nitrogens is 2. The quantitative estimate of drug-likeness (QED) is 0.835. The van der Waals surface area contributed by atoms with Gasteiger partial charge in [-0.3, -0.25) is 9.59 Å². The Morgan fingerprint density at radius 3 is 2.79 bits per heavy atom. The van der Waals surface area contributed by atoms with E-state index >= 15 is 0 Å². The zero-order valence-corrected chi connectivity index (χ0v) is 11.6. The third-order valence-corrected chi connectivity index (χ3v) is 3.70. The van der Waals surface area contributed by atoms with E-state index < -0.39 is 0 Å². The van der Waals surface area contributed by atoms with Gasteiger partial charge in [0, 0.05) is 26.1 Å². The van der Waals surface area contributed by atoms with Crippen molar-refractivity contribution in [2.45, 2.75) is 45.1 Å². The van der Waals surface area contributed by atoms with Crippen LogP contribution >= 0.6 is 0 Å². The second-order valence-electron chi connectivity index (χ2n) is 5.30. The molecule has 0 radical (unpaired) electrons. The van der Waals surface area contributed by atoms with Crippen LogP contribution in [0.25, 0.3) is 0 Å². The van der Waals surface area contributed by atoms with E-state index in [1.807, 2.05) is 11.9 Å². The lowest BCUT2D eigenvalue weighted by Crippen LogP contribution is -2.41. The molecule has 2 rings (SSSR count). The first-order valence-electron chi connectivity index (χ1n) is 6.86. The number of likely N-dealkylation sites (tertiary alicyclic amines) is 1. The molecule has 0 saturated carbocycles. The SMILES string of the molecule is CC(=O)CC1CCCCCN1C(=O)c1cncn1C. The van der Waals surface area contributed by atoms with Gasteiger partial charge in [0.2, 0.25) is 0 Å². The highest BCUT2D eigenvalue weighted by molar-refractivity contribution is 5.93. The predicted molar refractivity (Wildman–Crippen MR) is 71.8 cm³/mol. The van der Waals surface area contributed by atoms with Gasteiger partial charge in [0.05, 0.1) is 12.5 Å². The molecule has 0 spiro atoms. The van der Waals surface area contributed by atoms with Crippen molar-refractivity contribution in [3.05, 3.63) is 18.2 Å². The van der Waals surface area contributed by atoms with Crippen molar-refractivity contribution in [3.8, 4) is 0 Å². The summed E-state index contributed by atoms with van der Waals surface area (Å²) in [5.41, 5.74) is 0.593. The van der Waals surface area contributed by atoms with Crippen LogP contribution in [0.2, 0.25) is 0 Å². The second kappa shape index (κ2) is 5.99. The van der Waals surface area contributed by atoms with Crippen LogP contribution in [0.3, 0.4) is 0 Å². The normalized spacial score (nSPS) is 20.1. The summed E-state index contributed by atoms with van der Waals surface area (Å²) in [6.07, 6.45) is 7.84. The van der Waals surface area contributed by atoms with Crippen molar-refractivity contribution in [2.24, 2.45) is 7.05 Å². The van der Waals surface area contributed by atoms with Crippen molar-refractivity contribution in [3.63, 3.8) is 0 Å². The molecule has 0 aliphatic carbocycles. The van der Waals surface area contributed by atoms with Crippen molar-refractivity contribution in [1.82, 2.24) is 14.5 Å². The number of imidazole rings is 1. The summed E-state index contributed by atoms with van der Waals surface area (Å²) in [5.74, 6) is 0.142. The maximum Gasteiger partial charge on any atom is 0.272 e. The summed E-state index contributed by atoms with van der Waals surface area (Å²) in [7, 11) is 1.82. The van der Waals surface area contributed by atoms with E-state index in [4.69, 9.17) is 0 Å². The topological polar surface area (TPSA) is 55.2 Å². The van der Waals surface area contributed by atoms with Gasteiger partial charge >= 0.3 is 0 Å². The fourth-order valence-electron chi connectivity index (χ4n) is 2.70. The number of rotatable bonds is 3. The van der Waals surface area contributed by atoms with Crippen molar-refractivity contribution in [1.29, 1.82) is 0 Å². The molecule has 0 aromatic carbocycles. The third-order valence-electron chi connectivity index (χ3n) is 3.70. The van der Waals surface area contributed by atoms with Crippen LogP contribution < -0.4 is 0 Å². The maximum atomic E-state index is 12.6. The molecule has 5 nitrogen and oxygen atoms in total. The fourth-order valence-corrected chi connectivity index (χ4v) is 2.70. The number of amides is 1. The van der Waals surface area contributed by atoms with Gasteiger partial charge in [0.25, 0.3) is 5.91 Å². The highest BCUT2D eigenvalue weighted by atomic mass is 16.2. The van der Waals surface area contributed by atoms with Gasteiger partial charge in [-0.15, -0.1) is 0 Å². The van der Waals surface area contributed by atoms with Crippen LogP contribution in [-0.4, -0.2) is 38.7 Å². The lowest BCUT2D eigenvalue weighted by atomic mass is 10.0. The Balaban J connectivity index is 2.20. The molecule has 1 unspecified atom stereocenters. The van der Waals surface area contributed by atoms with E-state index in [0.29, 0.717) is 12.1 Å². The van der Waals surface area contributed by atoms with Crippen molar-refractivity contribution in [2.75, 3.05) is 6.54 Å². The molecule has 0 N–H and O–H groups in total. The number of ketones is 1. The maximum absolute atomic E-state index is 12.6. The van der Waals surface area contributed by atoms with E-state index in [-0.39, 0.29) is 17.7 Å². The number of carbonyl (C=O) groups is 2. The standard InChI is InChI=1S/C14H21N3O2/c1-11(18)8-12-6-4-3-5-7-17(12)14(19)13-9-15-10-16(13)2/h9-10,12H,3-8H2,1-2H3. The van der Waals surface area contributed by atoms with Gasteiger partial charge in [-0.25, -0.2) is 4.98 Å². The summed E-state index contributed by atoms with van der Waals surface area (Å²) in [6, 6.07) is 0.0439. The number of hydrogen-bond donors (Lipinski definition) is 0. The molecule has 2 heterocycles. The van der Waals surface area contributed by atoms with Crippen LogP contribution in [0.5, 0.6) is 0 Å². The van der Waals surface area contributed by atoms with E-state index in [2.05, 4.69) is 4.98 Å². The molecule has 1 aliphatic heterocycles. The van der Waals surface area contributed by atoms with Gasteiger partial charge in [-0.05, 0) is 19.8 Å². The highest BCUT2D eigenvalue weighted by Crippen LogP contribution is 2.21. The van der Waals surface area contributed by atoms with Crippen LogP contribution in [0, 0.1) is 0 Å².